The lowest BCUT2D eigenvalue weighted by molar-refractivity contribution is -0.120. The number of nitrogens with one attached hydrogen (secondary N) is 2. The SMILES string of the molecule is Cc1cc(C)cc(NCCC(=O)NN)c1. The number of rotatable bonds is 4. The van der Waals surface area contributed by atoms with Crippen LogP contribution in [0, 0.1) is 13.8 Å². The van der Waals surface area contributed by atoms with Gasteiger partial charge in [-0.15, -0.1) is 0 Å². The Labute approximate surface area is 89.8 Å². The minimum absolute atomic E-state index is 0.160. The molecule has 0 aliphatic carbocycles. The van der Waals surface area contributed by atoms with Crippen LogP contribution in [0.25, 0.3) is 0 Å². The zero-order valence-corrected chi connectivity index (χ0v) is 9.13. The monoisotopic (exact) mass is 207 g/mol. The molecule has 0 unspecified atom stereocenters. The third kappa shape index (κ3) is 3.99. The van der Waals surface area contributed by atoms with Crippen LogP contribution in [-0.2, 0) is 4.79 Å². The smallest absolute Gasteiger partial charge is 0.235 e. The van der Waals surface area contributed by atoms with Gasteiger partial charge in [-0.2, -0.15) is 0 Å². The lowest BCUT2D eigenvalue weighted by Gasteiger charge is -2.07. The third-order valence-corrected chi connectivity index (χ3v) is 2.06. The summed E-state index contributed by atoms with van der Waals surface area (Å²) >= 11 is 0. The first-order valence-corrected chi connectivity index (χ1v) is 4.93. The number of nitrogens with two attached hydrogens (primary N) is 1. The summed E-state index contributed by atoms with van der Waals surface area (Å²) in [5, 5.41) is 3.18. The first-order valence-electron chi connectivity index (χ1n) is 4.93. The van der Waals surface area contributed by atoms with Gasteiger partial charge in [0.25, 0.3) is 0 Å². The van der Waals surface area contributed by atoms with E-state index in [1.165, 1.54) is 11.1 Å². The van der Waals surface area contributed by atoms with E-state index in [-0.39, 0.29) is 5.91 Å². The zero-order valence-electron chi connectivity index (χ0n) is 9.13. The molecule has 1 aromatic carbocycles. The fourth-order valence-electron chi connectivity index (χ4n) is 1.47. The van der Waals surface area contributed by atoms with E-state index in [0.29, 0.717) is 13.0 Å². The van der Waals surface area contributed by atoms with E-state index in [0.717, 1.165) is 5.69 Å². The molecule has 4 N–H and O–H groups in total. The van der Waals surface area contributed by atoms with Crippen molar-refractivity contribution >= 4 is 11.6 Å². The minimum Gasteiger partial charge on any atom is -0.385 e. The van der Waals surface area contributed by atoms with Crippen molar-refractivity contribution < 1.29 is 4.79 Å². The van der Waals surface area contributed by atoms with E-state index in [1.54, 1.807) is 0 Å². The summed E-state index contributed by atoms with van der Waals surface area (Å²) in [5.74, 6) is 4.81. The maximum atomic E-state index is 10.9. The van der Waals surface area contributed by atoms with Crippen LogP contribution < -0.4 is 16.6 Å². The van der Waals surface area contributed by atoms with Gasteiger partial charge < -0.3 is 5.32 Å². The molecule has 0 bridgehead atoms. The Bertz CT molecular complexity index is 329. The van der Waals surface area contributed by atoms with Crippen LogP contribution in [-0.4, -0.2) is 12.5 Å². The molecular formula is C11H17N3O. The van der Waals surface area contributed by atoms with Gasteiger partial charge in [-0.1, -0.05) is 6.07 Å². The summed E-state index contributed by atoms with van der Waals surface area (Å²) in [6.45, 7) is 4.68. The second kappa shape index (κ2) is 5.36. The van der Waals surface area contributed by atoms with Crippen molar-refractivity contribution in [3.05, 3.63) is 29.3 Å². The predicted octanol–water partition coefficient (Wildman–Crippen LogP) is 1.10. The molecule has 0 heterocycles. The molecular weight excluding hydrogens is 190 g/mol. The molecule has 0 saturated heterocycles. The van der Waals surface area contributed by atoms with Gasteiger partial charge >= 0.3 is 0 Å². The standard InChI is InChI=1S/C11H17N3O/c1-8-5-9(2)7-10(6-8)13-4-3-11(15)14-12/h5-7,13H,3-4,12H2,1-2H3,(H,14,15). The number of benzene rings is 1. The molecule has 0 radical (unpaired) electrons. The summed E-state index contributed by atoms with van der Waals surface area (Å²) in [6.07, 6.45) is 0.378. The number of hydrogen-bond acceptors (Lipinski definition) is 3. The van der Waals surface area contributed by atoms with Crippen molar-refractivity contribution in [1.29, 1.82) is 0 Å². The third-order valence-electron chi connectivity index (χ3n) is 2.06. The van der Waals surface area contributed by atoms with Gasteiger partial charge in [0.05, 0.1) is 0 Å². The maximum Gasteiger partial charge on any atom is 0.235 e. The Kier molecular flexibility index (Phi) is 4.12. The average Bonchev–Trinajstić information content (AvgIpc) is 2.16. The number of carbonyl (C=O) groups excluding carboxylic acids is 1. The summed E-state index contributed by atoms with van der Waals surface area (Å²) < 4.78 is 0. The van der Waals surface area contributed by atoms with Crippen LogP contribution in [0.2, 0.25) is 0 Å². The van der Waals surface area contributed by atoms with Crippen LogP contribution in [0.5, 0.6) is 0 Å². The largest absolute Gasteiger partial charge is 0.385 e. The molecule has 4 heteroatoms. The highest BCUT2D eigenvalue weighted by molar-refractivity contribution is 5.75. The average molecular weight is 207 g/mol. The first kappa shape index (κ1) is 11.5. The highest BCUT2D eigenvalue weighted by Crippen LogP contribution is 2.13. The predicted molar refractivity (Wildman–Crippen MR) is 61.4 cm³/mol. The van der Waals surface area contributed by atoms with E-state index >= 15 is 0 Å². The molecule has 0 atom stereocenters. The Morgan fingerprint density at radius 2 is 1.87 bits per heavy atom. The molecule has 0 aliphatic rings. The lowest BCUT2D eigenvalue weighted by Crippen LogP contribution is -2.31. The highest BCUT2D eigenvalue weighted by atomic mass is 16.2. The number of hydrazine groups is 1. The Morgan fingerprint density at radius 3 is 2.40 bits per heavy atom. The van der Waals surface area contributed by atoms with E-state index in [2.05, 4.69) is 16.8 Å². The van der Waals surface area contributed by atoms with E-state index in [4.69, 9.17) is 5.84 Å². The molecule has 1 aromatic rings. The molecule has 0 aromatic heterocycles. The second-order valence-corrected chi connectivity index (χ2v) is 3.62. The topological polar surface area (TPSA) is 67.2 Å². The molecule has 1 amide bonds. The molecule has 1 rings (SSSR count). The van der Waals surface area contributed by atoms with Gasteiger partial charge in [0.1, 0.15) is 0 Å². The van der Waals surface area contributed by atoms with Crippen LogP contribution >= 0.6 is 0 Å². The van der Waals surface area contributed by atoms with Crippen LogP contribution in [0.3, 0.4) is 0 Å². The van der Waals surface area contributed by atoms with Gasteiger partial charge in [0.15, 0.2) is 0 Å². The molecule has 15 heavy (non-hydrogen) atoms. The molecule has 0 fully saturated rings. The quantitative estimate of drug-likeness (QED) is 0.393. The van der Waals surface area contributed by atoms with Crippen molar-refractivity contribution in [1.82, 2.24) is 5.43 Å². The van der Waals surface area contributed by atoms with E-state index in [1.807, 2.05) is 26.0 Å². The zero-order chi connectivity index (χ0) is 11.3. The van der Waals surface area contributed by atoms with Crippen molar-refractivity contribution in [3.63, 3.8) is 0 Å². The van der Waals surface area contributed by atoms with Gasteiger partial charge in [-0.25, -0.2) is 5.84 Å². The van der Waals surface area contributed by atoms with Crippen molar-refractivity contribution in [2.24, 2.45) is 5.84 Å². The van der Waals surface area contributed by atoms with Crippen LogP contribution in [0.15, 0.2) is 18.2 Å². The second-order valence-electron chi connectivity index (χ2n) is 3.62. The molecule has 82 valence electrons. The number of anilines is 1. The summed E-state index contributed by atoms with van der Waals surface area (Å²) in [5.41, 5.74) is 5.55. The lowest BCUT2D eigenvalue weighted by atomic mass is 10.1. The molecule has 0 saturated carbocycles. The van der Waals surface area contributed by atoms with Crippen molar-refractivity contribution in [2.45, 2.75) is 20.3 Å². The summed E-state index contributed by atoms with van der Waals surface area (Å²) in [6, 6.07) is 6.21. The number of amides is 1. The minimum atomic E-state index is -0.160. The van der Waals surface area contributed by atoms with Crippen molar-refractivity contribution in [2.75, 3.05) is 11.9 Å². The molecule has 4 nitrogen and oxygen atoms in total. The molecule has 0 spiro atoms. The Morgan fingerprint density at radius 1 is 1.27 bits per heavy atom. The van der Waals surface area contributed by atoms with Gasteiger partial charge in [-0.05, 0) is 37.1 Å². The summed E-state index contributed by atoms with van der Waals surface area (Å²) in [7, 11) is 0. The molecule has 0 aliphatic heterocycles. The van der Waals surface area contributed by atoms with E-state index in [9.17, 15) is 4.79 Å². The van der Waals surface area contributed by atoms with Gasteiger partial charge in [0.2, 0.25) is 5.91 Å². The Balaban J connectivity index is 2.47. The highest BCUT2D eigenvalue weighted by Gasteiger charge is 1.98. The van der Waals surface area contributed by atoms with Gasteiger partial charge in [0, 0.05) is 18.7 Å². The van der Waals surface area contributed by atoms with Crippen LogP contribution in [0.1, 0.15) is 17.5 Å². The fraction of sp³-hybridized carbons (Fsp3) is 0.364. The summed E-state index contributed by atoms with van der Waals surface area (Å²) in [4.78, 5) is 10.9. The van der Waals surface area contributed by atoms with E-state index < -0.39 is 0 Å². The fourth-order valence-corrected chi connectivity index (χ4v) is 1.47. The number of aryl methyl sites for hydroxylation is 2. The Hall–Kier alpha value is -1.55. The maximum absolute atomic E-state index is 10.9. The normalized spacial score (nSPS) is 9.80. The number of carbonyl (C=O) groups is 1. The van der Waals surface area contributed by atoms with Gasteiger partial charge in [-0.3, -0.25) is 10.2 Å². The number of hydrogen-bond donors (Lipinski definition) is 3. The van der Waals surface area contributed by atoms with Crippen molar-refractivity contribution in [3.8, 4) is 0 Å². The van der Waals surface area contributed by atoms with Crippen LogP contribution in [0.4, 0.5) is 5.69 Å². The first-order chi connectivity index (χ1) is 7.11.